The smallest absolute Gasteiger partial charge is 0.290 e. The predicted molar refractivity (Wildman–Crippen MR) is 163 cm³/mol. The number of ether oxygens (including phenoxy) is 1. The number of halogens is 2. The van der Waals surface area contributed by atoms with Gasteiger partial charge in [-0.2, -0.15) is 0 Å². The number of benzene rings is 1. The first-order valence-corrected chi connectivity index (χ1v) is 14.2. The van der Waals surface area contributed by atoms with Gasteiger partial charge in [0.2, 0.25) is 0 Å². The van der Waals surface area contributed by atoms with Crippen LogP contribution < -0.4 is 9.64 Å². The Morgan fingerprint density at radius 2 is 1.62 bits per heavy atom. The molecule has 7 nitrogen and oxygen atoms in total. The van der Waals surface area contributed by atoms with E-state index in [1.165, 1.54) is 23.4 Å². The average Bonchev–Trinajstić information content (AvgIpc) is 2.88. The van der Waals surface area contributed by atoms with Crippen molar-refractivity contribution in [1.82, 2.24) is 9.97 Å². The largest absolute Gasteiger partial charge is 0.492 e. The van der Waals surface area contributed by atoms with Gasteiger partial charge in [0.25, 0.3) is 6.47 Å². The minimum atomic E-state index is -0.577. The molecule has 1 fully saturated rings. The highest BCUT2D eigenvalue weighted by atomic mass is 19.1. The van der Waals surface area contributed by atoms with Crippen LogP contribution in [0.25, 0.3) is 11.3 Å². The maximum Gasteiger partial charge on any atom is 0.290 e. The summed E-state index contributed by atoms with van der Waals surface area (Å²) in [5.41, 5.74) is 5.95. The second-order valence-corrected chi connectivity index (χ2v) is 12.1. The molecule has 0 atom stereocenters. The molecule has 9 heteroatoms. The van der Waals surface area contributed by atoms with E-state index in [0.717, 1.165) is 55.4 Å². The van der Waals surface area contributed by atoms with Crippen molar-refractivity contribution >= 4 is 12.2 Å². The van der Waals surface area contributed by atoms with Crippen LogP contribution in [-0.2, 0) is 17.6 Å². The molecule has 230 valence electrons. The van der Waals surface area contributed by atoms with Gasteiger partial charge in [-0.25, -0.2) is 8.78 Å². The highest BCUT2D eigenvalue weighted by Crippen LogP contribution is 2.39. The van der Waals surface area contributed by atoms with E-state index in [9.17, 15) is 8.78 Å². The molecule has 3 heterocycles. The first-order valence-electron chi connectivity index (χ1n) is 14.2. The molecule has 0 saturated carbocycles. The summed E-state index contributed by atoms with van der Waals surface area (Å²) in [6.45, 7) is 16.3. The molecule has 0 unspecified atom stereocenters. The van der Waals surface area contributed by atoms with Crippen LogP contribution >= 0.6 is 0 Å². The Labute approximate surface area is 248 Å². The van der Waals surface area contributed by atoms with Crippen LogP contribution in [0.2, 0.25) is 0 Å². The standard InChI is InChI=1S/C28H33F2N3O.C4H10O.CH2O2/c1-5-24-19(2)31-18-25(27(24)33-11-9-28(3,4)10-12-33)26-7-6-23(17-32-26)34-13-8-20-14-21(29)16-22(30)15-20;1-4(2,3)5;2-1-3/h6-7,14-18H,5,8-13H2,1-4H3;5H,1-3H3;1H,(H,2,3). The summed E-state index contributed by atoms with van der Waals surface area (Å²) in [5, 5.41) is 15.4. The summed E-state index contributed by atoms with van der Waals surface area (Å²) >= 11 is 0. The fraction of sp³-hybridized carbons (Fsp3) is 0.485. The van der Waals surface area contributed by atoms with Crippen molar-refractivity contribution < 1.29 is 28.5 Å². The summed E-state index contributed by atoms with van der Waals surface area (Å²) in [6.07, 6.45) is 7.29. The van der Waals surface area contributed by atoms with Crippen LogP contribution in [-0.4, -0.2) is 52.0 Å². The number of hydrogen-bond acceptors (Lipinski definition) is 6. The lowest BCUT2D eigenvalue weighted by atomic mass is 9.82. The summed E-state index contributed by atoms with van der Waals surface area (Å²) in [5.74, 6) is -0.530. The van der Waals surface area contributed by atoms with Gasteiger partial charge in [-0.05, 0) is 87.8 Å². The molecule has 1 aliphatic heterocycles. The van der Waals surface area contributed by atoms with Crippen LogP contribution in [0, 0.1) is 24.0 Å². The van der Waals surface area contributed by atoms with Gasteiger partial charge in [0.05, 0.1) is 29.8 Å². The van der Waals surface area contributed by atoms with Gasteiger partial charge in [-0.3, -0.25) is 14.8 Å². The highest BCUT2D eigenvalue weighted by molar-refractivity contribution is 5.79. The number of rotatable bonds is 7. The van der Waals surface area contributed by atoms with E-state index in [-0.39, 0.29) is 6.47 Å². The molecule has 1 aliphatic rings. The normalized spacial score (nSPS) is 14.2. The van der Waals surface area contributed by atoms with Crippen LogP contribution in [0.4, 0.5) is 14.5 Å². The number of piperidine rings is 1. The minimum Gasteiger partial charge on any atom is -0.492 e. The van der Waals surface area contributed by atoms with Gasteiger partial charge in [0.15, 0.2) is 0 Å². The number of aryl methyl sites for hydroxylation is 1. The van der Waals surface area contributed by atoms with Gasteiger partial charge < -0.3 is 19.8 Å². The fourth-order valence-electron chi connectivity index (χ4n) is 4.61. The van der Waals surface area contributed by atoms with Crippen molar-refractivity contribution in [3.63, 3.8) is 0 Å². The number of nitrogens with zero attached hydrogens (tertiary/aromatic N) is 3. The molecule has 3 aromatic rings. The number of aliphatic hydroxyl groups is 1. The van der Waals surface area contributed by atoms with Crippen molar-refractivity contribution in [2.45, 2.75) is 79.8 Å². The fourth-order valence-corrected chi connectivity index (χ4v) is 4.61. The van der Waals surface area contributed by atoms with Crippen LogP contribution in [0.3, 0.4) is 0 Å². The zero-order chi connectivity index (χ0) is 31.5. The highest BCUT2D eigenvalue weighted by Gasteiger charge is 2.28. The first-order chi connectivity index (χ1) is 19.7. The van der Waals surface area contributed by atoms with Crippen molar-refractivity contribution in [3.8, 4) is 17.0 Å². The Morgan fingerprint density at radius 1 is 1.05 bits per heavy atom. The third kappa shape index (κ3) is 11.4. The summed E-state index contributed by atoms with van der Waals surface area (Å²) < 4.78 is 32.5. The molecule has 0 bridgehead atoms. The van der Waals surface area contributed by atoms with Gasteiger partial charge in [0, 0.05) is 43.0 Å². The first kappa shape index (κ1) is 34.6. The van der Waals surface area contributed by atoms with E-state index in [2.05, 4.69) is 42.6 Å². The third-order valence-corrected chi connectivity index (χ3v) is 6.75. The van der Waals surface area contributed by atoms with Gasteiger partial charge in [0.1, 0.15) is 17.4 Å². The lowest BCUT2D eigenvalue weighted by Gasteiger charge is -2.40. The number of pyridine rings is 2. The van der Waals surface area contributed by atoms with Gasteiger partial charge >= 0.3 is 0 Å². The van der Waals surface area contributed by atoms with Crippen LogP contribution in [0.5, 0.6) is 5.75 Å². The number of hydrogen-bond donors (Lipinski definition) is 2. The Hall–Kier alpha value is -3.59. The zero-order valence-corrected chi connectivity index (χ0v) is 25.9. The van der Waals surface area contributed by atoms with Crippen molar-refractivity contribution in [2.75, 3.05) is 24.6 Å². The molecule has 1 aromatic carbocycles. The molecule has 2 aromatic heterocycles. The molecule has 0 radical (unpaired) electrons. The maximum absolute atomic E-state index is 13.4. The van der Waals surface area contributed by atoms with E-state index in [0.29, 0.717) is 29.8 Å². The van der Waals surface area contributed by atoms with Crippen molar-refractivity contribution in [2.24, 2.45) is 5.41 Å². The zero-order valence-electron chi connectivity index (χ0n) is 25.9. The second-order valence-electron chi connectivity index (χ2n) is 12.1. The van der Waals surface area contributed by atoms with Gasteiger partial charge in [-0.15, -0.1) is 0 Å². The predicted octanol–water partition coefficient (Wildman–Crippen LogP) is 7.02. The summed E-state index contributed by atoms with van der Waals surface area (Å²) in [6, 6.07) is 7.37. The molecule has 0 aliphatic carbocycles. The van der Waals surface area contributed by atoms with Crippen LogP contribution in [0.1, 0.15) is 71.2 Å². The number of anilines is 1. The lowest BCUT2D eigenvalue weighted by molar-refractivity contribution is -0.122. The third-order valence-electron chi connectivity index (χ3n) is 6.75. The molecular weight excluding hydrogens is 540 g/mol. The monoisotopic (exact) mass is 585 g/mol. The van der Waals surface area contributed by atoms with Crippen LogP contribution in [0.15, 0.2) is 42.7 Å². The molecule has 2 N–H and O–H groups in total. The number of carbonyl (C=O) groups is 1. The Bertz CT molecular complexity index is 1260. The van der Waals surface area contributed by atoms with E-state index >= 15 is 0 Å². The molecule has 0 spiro atoms. The summed E-state index contributed by atoms with van der Waals surface area (Å²) in [4.78, 5) is 20.2. The van der Waals surface area contributed by atoms with Crippen molar-refractivity contribution in [1.29, 1.82) is 0 Å². The second kappa shape index (κ2) is 15.6. The number of aromatic nitrogens is 2. The van der Waals surface area contributed by atoms with E-state index in [1.807, 2.05) is 18.3 Å². The topological polar surface area (TPSA) is 95.8 Å². The number of carboxylic acid groups (broad SMARTS) is 1. The molecular formula is C33H45F2N3O4. The molecule has 1 saturated heterocycles. The Kier molecular flexibility index (Phi) is 12.8. The molecule has 4 rings (SSSR count). The van der Waals surface area contributed by atoms with Gasteiger partial charge in [-0.1, -0.05) is 20.8 Å². The van der Waals surface area contributed by atoms with Crippen molar-refractivity contribution in [3.05, 3.63) is 71.2 Å². The van der Waals surface area contributed by atoms with E-state index < -0.39 is 17.2 Å². The Morgan fingerprint density at radius 3 is 2.12 bits per heavy atom. The molecule has 42 heavy (non-hydrogen) atoms. The van der Waals surface area contributed by atoms with E-state index in [1.54, 1.807) is 27.0 Å². The SMILES string of the molecule is CC(C)(C)O.CCc1c(C)ncc(-c2ccc(OCCc3cc(F)cc(F)c3)cn2)c1N1CCC(C)(C)CC1.O=CO. The molecule has 0 amide bonds. The Balaban J connectivity index is 0.000000686. The maximum atomic E-state index is 13.4. The minimum absolute atomic E-state index is 0.250. The lowest BCUT2D eigenvalue weighted by Crippen LogP contribution is -2.38. The average molecular weight is 586 g/mol. The summed E-state index contributed by atoms with van der Waals surface area (Å²) in [7, 11) is 0. The quantitative estimate of drug-likeness (QED) is 0.288. The van der Waals surface area contributed by atoms with E-state index in [4.69, 9.17) is 19.7 Å².